The molecule has 1 saturated carbocycles. The standard InChI is InChI=1S/C16H20FN3O4/c1-24-16(23)20-13-8-11(6-7-12(13)17)19-15(22)14(21)18-9-10-4-2-3-5-10/h6-8,10H,2-5,9H2,1H3,(H,18,21)(H,19,22)(H,20,23). The summed E-state index contributed by atoms with van der Waals surface area (Å²) in [6.45, 7) is 0.477. The highest BCUT2D eigenvalue weighted by molar-refractivity contribution is 6.39. The molecule has 1 fully saturated rings. The first-order chi connectivity index (χ1) is 11.5. The van der Waals surface area contributed by atoms with Crippen molar-refractivity contribution in [3.05, 3.63) is 24.0 Å². The average Bonchev–Trinajstić information content (AvgIpc) is 3.08. The summed E-state index contributed by atoms with van der Waals surface area (Å²) in [5.41, 5.74) is 0.0230. The van der Waals surface area contributed by atoms with Gasteiger partial charge in [0.1, 0.15) is 5.82 Å². The van der Waals surface area contributed by atoms with Crippen LogP contribution in [0.3, 0.4) is 0 Å². The second kappa shape index (κ2) is 8.28. The molecule has 3 amide bonds. The van der Waals surface area contributed by atoms with Crippen molar-refractivity contribution in [3.63, 3.8) is 0 Å². The van der Waals surface area contributed by atoms with E-state index >= 15 is 0 Å². The molecule has 130 valence electrons. The van der Waals surface area contributed by atoms with E-state index < -0.39 is 23.7 Å². The molecule has 0 heterocycles. The monoisotopic (exact) mass is 337 g/mol. The van der Waals surface area contributed by atoms with Crippen molar-refractivity contribution in [1.82, 2.24) is 5.32 Å². The molecule has 1 aliphatic rings. The van der Waals surface area contributed by atoms with E-state index in [1.54, 1.807) is 0 Å². The van der Waals surface area contributed by atoms with Gasteiger partial charge in [0.15, 0.2) is 0 Å². The number of carbonyl (C=O) groups excluding carboxylic acids is 3. The lowest BCUT2D eigenvalue weighted by atomic mass is 10.1. The van der Waals surface area contributed by atoms with E-state index in [9.17, 15) is 18.8 Å². The van der Waals surface area contributed by atoms with Gasteiger partial charge in [-0.25, -0.2) is 9.18 Å². The number of anilines is 2. The third-order valence-corrected chi connectivity index (χ3v) is 3.88. The topological polar surface area (TPSA) is 96.5 Å². The van der Waals surface area contributed by atoms with E-state index in [2.05, 4.69) is 20.7 Å². The molecule has 1 aromatic carbocycles. The van der Waals surface area contributed by atoms with Crippen molar-refractivity contribution >= 4 is 29.3 Å². The summed E-state index contributed by atoms with van der Waals surface area (Å²) in [4.78, 5) is 34.8. The molecule has 0 aliphatic heterocycles. The van der Waals surface area contributed by atoms with Crippen LogP contribution in [0.2, 0.25) is 0 Å². The lowest BCUT2D eigenvalue weighted by Gasteiger charge is -2.11. The first-order valence-electron chi connectivity index (χ1n) is 7.73. The normalized spacial score (nSPS) is 14.1. The van der Waals surface area contributed by atoms with Crippen LogP contribution in [0.25, 0.3) is 0 Å². The van der Waals surface area contributed by atoms with Crippen LogP contribution >= 0.6 is 0 Å². The Morgan fingerprint density at radius 3 is 2.54 bits per heavy atom. The molecular weight excluding hydrogens is 317 g/mol. The number of methoxy groups -OCH3 is 1. The Kier molecular flexibility index (Phi) is 6.11. The van der Waals surface area contributed by atoms with Gasteiger partial charge in [0.25, 0.3) is 0 Å². The molecule has 0 saturated heterocycles. The van der Waals surface area contributed by atoms with Gasteiger partial charge in [-0.05, 0) is 37.0 Å². The summed E-state index contributed by atoms with van der Waals surface area (Å²) >= 11 is 0. The number of amides is 3. The van der Waals surface area contributed by atoms with Crippen LogP contribution in [0.4, 0.5) is 20.6 Å². The number of ether oxygens (including phenoxy) is 1. The Morgan fingerprint density at radius 2 is 1.88 bits per heavy atom. The molecule has 0 atom stereocenters. The summed E-state index contributed by atoms with van der Waals surface area (Å²) in [7, 11) is 1.15. The van der Waals surface area contributed by atoms with Crippen LogP contribution in [0.15, 0.2) is 18.2 Å². The van der Waals surface area contributed by atoms with Crippen LogP contribution in [0, 0.1) is 11.7 Å². The van der Waals surface area contributed by atoms with Gasteiger partial charge in [-0.15, -0.1) is 0 Å². The van der Waals surface area contributed by atoms with Gasteiger partial charge in [-0.1, -0.05) is 12.8 Å². The summed E-state index contributed by atoms with van der Waals surface area (Å²) in [6, 6.07) is 3.56. The zero-order valence-electron chi connectivity index (χ0n) is 13.4. The van der Waals surface area contributed by atoms with E-state index in [0.29, 0.717) is 12.5 Å². The first-order valence-corrected chi connectivity index (χ1v) is 7.73. The number of benzene rings is 1. The molecule has 8 heteroatoms. The highest BCUT2D eigenvalue weighted by Gasteiger charge is 2.19. The van der Waals surface area contributed by atoms with Gasteiger partial charge in [0.05, 0.1) is 12.8 Å². The third kappa shape index (κ3) is 4.94. The molecular formula is C16H20FN3O4. The number of rotatable bonds is 4. The predicted molar refractivity (Wildman–Crippen MR) is 86.0 cm³/mol. The van der Waals surface area contributed by atoms with Crippen molar-refractivity contribution < 1.29 is 23.5 Å². The minimum atomic E-state index is -0.844. The van der Waals surface area contributed by atoms with E-state index in [4.69, 9.17) is 0 Å². The Hall–Kier alpha value is -2.64. The van der Waals surface area contributed by atoms with Gasteiger partial charge in [-0.2, -0.15) is 0 Å². The van der Waals surface area contributed by atoms with Crippen molar-refractivity contribution in [2.45, 2.75) is 25.7 Å². The maximum absolute atomic E-state index is 13.6. The average molecular weight is 337 g/mol. The molecule has 7 nitrogen and oxygen atoms in total. The van der Waals surface area contributed by atoms with Crippen LogP contribution in [0.5, 0.6) is 0 Å². The zero-order chi connectivity index (χ0) is 17.5. The van der Waals surface area contributed by atoms with Gasteiger partial charge < -0.3 is 15.4 Å². The number of halogens is 1. The molecule has 0 radical (unpaired) electrons. The molecule has 24 heavy (non-hydrogen) atoms. The van der Waals surface area contributed by atoms with E-state index in [1.165, 1.54) is 12.1 Å². The molecule has 1 aliphatic carbocycles. The highest BCUT2D eigenvalue weighted by atomic mass is 19.1. The summed E-state index contributed by atoms with van der Waals surface area (Å²) in [5.74, 6) is -1.86. The molecule has 0 unspecified atom stereocenters. The summed E-state index contributed by atoms with van der Waals surface area (Å²) < 4.78 is 18.0. The minimum Gasteiger partial charge on any atom is -0.453 e. The Balaban J connectivity index is 1.91. The van der Waals surface area contributed by atoms with Crippen molar-refractivity contribution in [3.8, 4) is 0 Å². The second-order valence-electron chi connectivity index (χ2n) is 5.63. The summed E-state index contributed by atoms with van der Waals surface area (Å²) in [5, 5.41) is 7.14. The van der Waals surface area contributed by atoms with E-state index in [1.807, 2.05) is 0 Å². The van der Waals surface area contributed by atoms with Gasteiger partial charge in [0.2, 0.25) is 0 Å². The van der Waals surface area contributed by atoms with Crippen molar-refractivity contribution in [1.29, 1.82) is 0 Å². The fraction of sp³-hybridized carbons (Fsp3) is 0.438. The van der Waals surface area contributed by atoms with Gasteiger partial charge >= 0.3 is 17.9 Å². The third-order valence-electron chi connectivity index (χ3n) is 3.88. The molecule has 0 bridgehead atoms. The van der Waals surface area contributed by atoms with Gasteiger partial charge in [-0.3, -0.25) is 14.9 Å². The molecule has 1 aromatic rings. The smallest absolute Gasteiger partial charge is 0.411 e. The lowest BCUT2D eigenvalue weighted by molar-refractivity contribution is -0.136. The maximum Gasteiger partial charge on any atom is 0.411 e. The Morgan fingerprint density at radius 1 is 1.17 bits per heavy atom. The quantitative estimate of drug-likeness (QED) is 0.734. The molecule has 3 N–H and O–H groups in total. The summed E-state index contributed by atoms with van der Waals surface area (Å²) in [6.07, 6.45) is 3.58. The Labute approximate surface area is 138 Å². The van der Waals surface area contributed by atoms with Crippen LogP contribution in [0.1, 0.15) is 25.7 Å². The van der Waals surface area contributed by atoms with Crippen LogP contribution in [-0.2, 0) is 14.3 Å². The second-order valence-corrected chi connectivity index (χ2v) is 5.63. The van der Waals surface area contributed by atoms with Crippen molar-refractivity contribution in [2.75, 3.05) is 24.3 Å². The fourth-order valence-electron chi connectivity index (χ4n) is 2.58. The largest absolute Gasteiger partial charge is 0.453 e. The number of hydrogen-bond donors (Lipinski definition) is 3. The highest BCUT2D eigenvalue weighted by Crippen LogP contribution is 2.23. The minimum absolute atomic E-state index is 0.161. The molecule has 0 aromatic heterocycles. The Bertz CT molecular complexity index is 630. The SMILES string of the molecule is COC(=O)Nc1cc(NC(=O)C(=O)NCC2CCCC2)ccc1F. The van der Waals surface area contributed by atoms with E-state index in [0.717, 1.165) is 38.9 Å². The lowest BCUT2D eigenvalue weighted by Crippen LogP contribution is -2.37. The first kappa shape index (κ1) is 17.7. The van der Waals surface area contributed by atoms with Gasteiger partial charge in [0, 0.05) is 12.2 Å². The number of nitrogens with one attached hydrogen (secondary N) is 3. The van der Waals surface area contributed by atoms with Crippen LogP contribution in [-0.4, -0.2) is 31.6 Å². The van der Waals surface area contributed by atoms with E-state index in [-0.39, 0.29) is 11.4 Å². The zero-order valence-corrected chi connectivity index (χ0v) is 13.4. The number of hydrogen-bond acceptors (Lipinski definition) is 4. The predicted octanol–water partition coefficient (Wildman–Crippen LogP) is 2.25. The fourth-order valence-corrected chi connectivity index (χ4v) is 2.58. The molecule has 2 rings (SSSR count). The van der Waals surface area contributed by atoms with Crippen molar-refractivity contribution in [2.24, 2.45) is 5.92 Å². The molecule has 0 spiro atoms. The van der Waals surface area contributed by atoms with Crippen LogP contribution < -0.4 is 16.0 Å². The number of carbonyl (C=O) groups is 3. The maximum atomic E-state index is 13.6.